The SMILES string of the molecule is CN(C)c1ccc2nc3c4ccccc4c(=O)c(OCCCN)c-3oc2c1. The van der Waals surface area contributed by atoms with Crippen LogP contribution >= 0.6 is 0 Å². The van der Waals surface area contributed by atoms with Crippen molar-refractivity contribution in [2.75, 3.05) is 32.1 Å². The highest BCUT2D eigenvalue weighted by Gasteiger charge is 2.23. The Morgan fingerprint density at radius 1 is 1.15 bits per heavy atom. The molecule has 1 heterocycles. The van der Waals surface area contributed by atoms with E-state index in [0.717, 1.165) is 16.6 Å². The van der Waals surface area contributed by atoms with Gasteiger partial charge in [-0.25, -0.2) is 4.98 Å². The van der Waals surface area contributed by atoms with Crippen LogP contribution in [-0.4, -0.2) is 32.2 Å². The van der Waals surface area contributed by atoms with Crippen molar-refractivity contribution in [1.29, 1.82) is 0 Å². The number of ether oxygens (including phenoxy) is 1. The van der Waals surface area contributed by atoms with Gasteiger partial charge in [-0.05, 0) is 25.1 Å². The minimum atomic E-state index is -0.191. The molecule has 0 spiro atoms. The predicted molar refractivity (Wildman–Crippen MR) is 108 cm³/mol. The highest BCUT2D eigenvalue weighted by Crippen LogP contribution is 2.37. The summed E-state index contributed by atoms with van der Waals surface area (Å²) in [6.07, 6.45) is 0.652. The largest absolute Gasteiger partial charge is 0.486 e. The Morgan fingerprint density at radius 2 is 1.93 bits per heavy atom. The van der Waals surface area contributed by atoms with Crippen molar-refractivity contribution in [3.8, 4) is 17.2 Å². The van der Waals surface area contributed by atoms with Crippen LogP contribution in [0.2, 0.25) is 0 Å². The number of benzene rings is 3. The van der Waals surface area contributed by atoms with Crippen molar-refractivity contribution in [2.45, 2.75) is 6.42 Å². The topological polar surface area (TPSA) is 81.6 Å². The molecule has 0 bridgehead atoms. The Balaban J connectivity index is 2.05. The summed E-state index contributed by atoms with van der Waals surface area (Å²) in [4.78, 5) is 19.8. The molecule has 2 aromatic rings. The van der Waals surface area contributed by atoms with Gasteiger partial charge in [-0.1, -0.05) is 24.3 Å². The number of hydrogen-bond donors (Lipinski definition) is 1. The van der Waals surface area contributed by atoms with Crippen LogP contribution in [0.1, 0.15) is 6.42 Å². The lowest BCUT2D eigenvalue weighted by Crippen LogP contribution is -2.14. The summed E-state index contributed by atoms with van der Waals surface area (Å²) in [5, 5.41) is 1.32. The summed E-state index contributed by atoms with van der Waals surface area (Å²) in [6, 6.07) is 13.2. The highest BCUT2D eigenvalue weighted by atomic mass is 16.5. The molecule has 0 fully saturated rings. The molecule has 27 heavy (non-hydrogen) atoms. The van der Waals surface area contributed by atoms with Crippen LogP contribution in [0.25, 0.3) is 33.3 Å². The van der Waals surface area contributed by atoms with E-state index in [1.165, 1.54) is 0 Å². The molecule has 2 aliphatic rings. The first-order valence-corrected chi connectivity index (χ1v) is 8.89. The van der Waals surface area contributed by atoms with E-state index in [1.807, 2.05) is 55.4 Å². The third kappa shape index (κ3) is 2.98. The average molecular weight is 363 g/mol. The van der Waals surface area contributed by atoms with Gasteiger partial charge in [-0.15, -0.1) is 0 Å². The van der Waals surface area contributed by atoms with E-state index in [4.69, 9.17) is 19.9 Å². The molecule has 1 aliphatic heterocycles. The molecule has 0 aromatic heterocycles. The highest BCUT2D eigenvalue weighted by molar-refractivity contribution is 5.99. The summed E-state index contributed by atoms with van der Waals surface area (Å²) in [7, 11) is 3.92. The van der Waals surface area contributed by atoms with Crippen molar-refractivity contribution >= 4 is 27.6 Å². The normalized spacial score (nSPS) is 11.4. The summed E-state index contributed by atoms with van der Waals surface area (Å²) >= 11 is 0. The molecule has 1 aliphatic carbocycles. The maximum atomic E-state index is 13.0. The van der Waals surface area contributed by atoms with Crippen molar-refractivity contribution in [1.82, 2.24) is 4.98 Å². The summed E-state index contributed by atoms with van der Waals surface area (Å²) < 4.78 is 11.9. The lowest BCUT2D eigenvalue weighted by molar-refractivity contribution is 0.305. The van der Waals surface area contributed by atoms with Gasteiger partial charge in [0.25, 0.3) is 0 Å². The first-order valence-electron chi connectivity index (χ1n) is 8.89. The smallest absolute Gasteiger partial charge is 0.232 e. The van der Waals surface area contributed by atoms with Crippen molar-refractivity contribution in [3.05, 3.63) is 52.7 Å². The second-order valence-electron chi connectivity index (χ2n) is 6.63. The fourth-order valence-corrected chi connectivity index (χ4v) is 3.12. The molecule has 0 saturated carbocycles. The fourth-order valence-electron chi connectivity index (χ4n) is 3.12. The van der Waals surface area contributed by atoms with Crippen LogP contribution in [0.3, 0.4) is 0 Å². The van der Waals surface area contributed by atoms with Crippen LogP contribution in [-0.2, 0) is 0 Å². The van der Waals surface area contributed by atoms with E-state index in [1.54, 1.807) is 6.07 Å². The van der Waals surface area contributed by atoms with Gasteiger partial charge in [0.05, 0.1) is 6.61 Å². The second-order valence-corrected chi connectivity index (χ2v) is 6.63. The zero-order chi connectivity index (χ0) is 19.0. The maximum Gasteiger partial charge on any atom is 0.232 e. The minimum Gasteiger partial charge on any atom is -0.486 e. The fraction of sp³-hybridized carbons (Fsp3) is 0.238. The quantitative estimate of drug-likeness (QED) is 0.333. The van der Waals surface area contributed by atoms with Crippen molar-refractivity contribution < 1.29 is 9.15 Å². The first kappa shape index (κ1) is 17.3. The summed E-state index contributed by atoms with van der Waals surface area (Å²) in [5.41, 5.74) is 8.30. The molecule has 2 aromatic carbocycles. The summed E-state index contributed by atoms with van der Waals surface area (Å²) in [5.74, 6) is 0.570. The Bertz CT molecular complexity index is 1150. The lowest BCUT2D eigenvalue weighted by Gasteiger charge is -2.16. The number of fused-ring (bicyclic) bond motifs is 4. The molecule has 0 amide bonds. The number of hydrogen-bond acceptors (Lipinski definition) is 6. The Kier molecular flexibility index (Phi) is 4.41. The lowest BCUT2D eigenvalue weighted by atomic mass is 10.0. The number of nitrogens with zero attached hydrogens (tertiary/aromatic N) is 2. The third-order valence-corrected chi connectivity index (χ3v) is 4.55. The van der Waals surface area contributed by atoms with E-state index in [9.17, 15) is 4.79 Å². The molecule has 6 nitrogen and oxygen atoms in total. The van der Waals surface area contributed by atoms with Gasteiger partial charge < -0.3 is 19.8 Å². The third-order valence-electron chi connectivity index (χ3n) is 4.55. The van der Waals surface area contributed by atoms with E-state index in [-0.39, 0.29) is 11.2 Å². The Hall–Kier alpha value is -3.12. The number of anilines is 1. The zero-order valence-corrected chi connectivity index (χ0v) is 15.4. The molecule has 2 N–H and O–H groups in total. The Labute approximate surface area is 156 Å². The van der Waals surface area contributed by atoms with E-state index in [2.05, 4.69) is 0 Å². The van der Waals surface area contributed by atoms with Crippen LogP contribution in [0.15, 0.2) is 51.7 Å². The van der Waals surface area contributed by atoms with Gasteiger partial charge in [-0.3, -0.25) is 4.79 Å². The van der Waals surface area contributed by atoms with Crippen molar-refractivity contribution in [3.63, 3.8) is 0 Å². The van der Waals surface area contributed by atoms with Gasteiger partial charge in [0, 0.05) is 36.6 Å². The zero-order valence-electron chi connectivity index (χ0n) is 15.4. The molecule has 0 saturated heterocycles. The maximum absolute atomic E-state index is 13.0. The van der Waals surface area contributed by atoms with Gasteiger partial charge in [0.15, 0.2) is 11.3 Å². The molecule has 0 unspecified atom stereocenters. The van der Waals surface area contributed by atoms with Gasteiger partial charge in [0.1, 0.15) is 11.2 Å². The molecule has 4 rings (SSSR count). The van der Waals surface area contributed by atoms with E-state index in [0.29, 0.717) is 42.0 Å². The van der Waals surface area contributed by atoms with Crippen LogP contribution in [0.5, 0.6) is 5.75 Å². The van der Waals surface area contributed by atoms with Gasteiger partial charge in [-0.2, -0.15) is 0 Å². The van der Waals surface area contributed by atoms with Gasteiger partial charge >= 0.3 is 0 Å². The number of aromatic nitrogens is 1. The molecular formula is C21H21N3O3. The van der Waals surface area contributed by atoms with E-state index >= 15 is 0 Å². The van der Waals surface area contributed by atoms with Crippen LogP contribution < -0.4 is 20.8 Å². The molecule has 6 heteroatoms. The second kappa shape index (κ2) is 6.89. The number of rotatable bonds is 5. The Morgan fingerprint density at radius 3 is 2.67 bits per heavy atom. The summed E-state index contributed by atoms with van der Waals surface area (Å²) in [6.45, 7) is 0.842. The van der Waals surface area contributed by atoms with Crippen LogP contribution in [0.4, 0.5) is 5.69 Å². The molecular weight excluding hydrogens is 342 g/mol. The first-order chi connectivity index (χ1) is 13.1. The number of nitrogens with two attached hydrogens (primary N) is 1. The average Bonchev–Trinajstić information content (AvgIpc) is 2.69. The standard InChI is InChI=1S/C21H21N3O3/c1-24(2)13-8-9-16-17(12-13)27-20-18(23-16)14-6-3-4-7-15(14)19(25)21(20)26-11-5-10-22/h3-4,6-9,12H,5,10-11,22H2,1-2H3. The van der Waals surface area contributed by atoms with Crippen molar-refractivity contribution in [2.24, 2.45) is 5.73 Å². The molecule has 0 atom stereocenters. The monoisotopic (exact) mass is 363 g/mol. The molecule has 0 radical (unpaired) electrons. The van der Waals surface area contributed by atoms with E-state index < -0.39 is 0 Å². The van der Waals surface area contributed by atoms with Crippen LogP contribution in [0, 0.1) is 0 Å². The van der Waals surface area contributed by atoms with Gasteiger partial charge in [0.2, 0.25) is 11.2 Å². The minimum absolute atomic E-state index is 0.191. The predicted octanol–water partition coefficient (Wildman–Crippen LogP) is 3.24. The molecule has 138 valence electrons.